The Kier molecular flexibility index (Phi) is 4.41. The van der Waals surface area contributed by atoms with Crippen molar-refractivity contribution >= 4 is 34.1 Å². The molecule has 3 aromatic rings. The van der Waals surface area contributed by atoms with Gasteiger partial charge in [-0.05, 0) is 68.0 Å². The second kappa shape index (κ2) is 6.73. The summed E-state index contributed by atoms with van der Waals surface area (Å²) in [6, 6.07) is 13.6. The molecule has 3 nitrogen and oxygen atoms in total. The number of amides is 1. The van der Waals surface area contributed by atoms with Crippen LogP contribution in [0.1, 0.15) is 40.0 Å². The van der Waals surface area contributed by atoms with Crippen LogP contribution in [0.5, 0.6) is 0 Å². The monoisotopic (exact) mass is 364 g/mol. The summed E-state index contributed by atoms with van der Waals surface area (Å²) in [6.45, 7) is 2.02. The van der Waals surface area contributed by atoms with Crippen LogP contribution in [0.4, 0.5) is 5.69 Å². The Hall–Kier alpha value is -2.39. The molecule has 1 aliphatic rings. The van der Waals surface area contributed by atoms with Crippen molar-refractivity contribution in [2.45, 2.75) is 32.6 Å². The average molecular weight is 365 g/mol. The average Bonchev–Trinajstić information content (AvgIpc) is 2.66. The molecule has 1 heterocycles. The van der Waals surface area contributed by atoms with E-state index in [2.05, 4.69) is 0 Å². The molecule has 0 saturated heterocycles. The van der Waals surface area contributed by atoms with Crippen molar-refractivity contribution in [1.29, 1.82) is 0 Å². The highest BCUT2D eigenvalue weighted by molar-refractivity contribution is 6.36. The van der Waals surface area contributed by atoms with Crippen LogP contribution in [0.25, 0.3) is 10.9 Å². The number of halogens is 1. The molecule has 2 aromatic carbocycles. The van der Waals surface area contributed by atoms with Crippen molar-refractivity contribution in [2.75, 3.05) is 11.9 Å². The summed E-state index contributed by atoms with van der Waals surface area (Å²) in [5, 5.41) is 1.73. The van der Waals surface area contributed by atoms with Crippen LogP contribution in [0.15, 0.2) is 42.5 Å². The van der Waals surface area contributed by atoms with Gasteiger partial charge in [0.15, 0.2) is 0 Å². The summed E-state index contributed by atoms with van der Waals surface area (Å²) in [6.07, 6.45) is 4.27. The Bertz CT molecular complexity index is 1010. The number of aromatic nitrogens is 1. The van der Waals surface area contributed by atoms with Gasteiger partial charge in [-0.25, -0.2) is 0 Å². The van der Waals surface area contributed by atoms with Gasteiger partial charge in [0.1, 0.15) is 0 Å². The summed E-state index contributed by atoms with van der Waals surface area (Å²) in [4.78, 5) is 19.4. The molecule has 0 saturated carbocycles. The molecule has 132 valence electrons. The molecule has 0 atom stereocenters. The van der Waals surface area contributed by atoms with E-state index in [0.29, 0.717) is 5.56 Å². The highest BCUT2D eigenvalue weighted by atomic mass is 35.5. The van der Waals surface area contributed by atoms with Crippen LogP contribution >= 0.6 is 11.6 Å². The van der Waals surface area contributed by atoms with E-state index in [9.17, 15) is 4.79 Å². The SMILES string of the molecule is Cc1cccc(N(C)C(=O)c2ccc3c(Cl)c4c(nc3c2)CCCC4)c1. The number of pyridine rings is 1. The summed E-state index contributed by atoms with van der Waals surface area (Å²) < 4.78 is 0. The first-order valence-electron chi connectivity index (χ1n) is 9.00. The standard InChI is InChI=1S/C22H21ClN2O/c1-14-6-5-7-16(12-14)25(2)22(26)15-10-11-18-20(13-15)24-19-9-4-3-8-17(19)21(18)23/h5-7,10-13H,3-4,8-9H2,1-2H3. The van der Waals surface area contributed by atoms with Crippen molar-refractivity contribution in [2.24, 2.45) is 0 Å². The molecule has 4 heteroatoms. The summed E-state index contributed by atoms with van der Waals surface area (Å²) in [5.41, 5.74) is 5.71. The molecule has 1 aromatic heterocycles. The molecule has 0 unspecified atom stereocenters. The first-order valence-corrected chi connectivity index (χ1v) is 9.38. The number of hydrogen-bond acceptors (Lipinski definition) is 2. The van der Waals surface area contributed by atoms with Crippen LogP contribution in [-0.4, -0.2) is 17.9 Å². The van der Waals surface area contributed by atoms with Crippen LogP contribution in [0, 0.1) is 6.92 Å². The fourth-order valence-corrected chi connectivity index (χ4v) is 4.01. The Labute approximate surface area is 158 Å². The van der Waals surface area contributed by atoms with Gasteiger partial charge in [-0.1, -0.05) is 29.8 Å². The van der Waals surface area contributed by atoms with Crippen LogP contribution in [0.3, 0.4) is 0 Å². The maximum atomic E-state index is 12.9. The summed E-state index contributed by atoms with van der Waals surface area (Å²) in [5.74, 6) is -0.0480. The molecule has 0 N–H and O–H groups in total. The number of nitrogens with zero attached hydrogens (tertiary/aromatic N) is 2. The third-order valence-electron chi connectivity index (χ3n) is 5.13. The first kappa shape index (κ1) is 17.0. The van der Waals surface area contributed by atoms with Gasteiger partial charge in [0.05, 0.1) is 10.5 Å². The minimum atomic E-state index is -0.0480. The zero-order valence-corrected chi connectivity index (χ0v) is 15.8. The minimum Gasteiger partial charge on any atom is -0.311 e. The lowest BCUT2D eigenvalue weighted by Crippen LogP contribution is -2.26. The first-order chi connectivity index (χ1) is 12.5. The van der Waals surface area contributed by atoms with Crippen LogP contribution < -0.4 is 4.90 Å². The lowest BCUT2D eigenvalue weighted by molar-refractivity contribution is 0.0993. The number of hydrogen-bond donors (Lipinski definition) is 0. The van der Waals surface area contributed by atoms with Gasteiger partial charge in [0.2, 0.25) is 0 Å². The second-order valence-corrected chi connectivity index (χ2v) is 7.37. The number of fused-ring (bicyclic) bond motifs is 2. The number of aryl methyl sites for hydroxylation is 2. The molecular weight excluding hydrogens is 344 g/mol. The Morgan fingerprint density at radius 3 is 2.73 bits per heavy atom. The third kappa shape index (κ3) is 2.97. The molecule has 26 heavy (non-hydrogen) atoms. The molecule has 0 spiro atoms. The summed E-state index contributed by atoms with van der Waals surface area (Å²) >= 11 is 6.63. The largest absolute Gasteiger partial charge is 0.311 e. The predicted octanol–water partition coefficient (Wildman–Crippen LogP) is 5.35. The Morgan fingerprint density at radius 1 is 1.12 bits per heavy atom. The summed E-state index contributed by atoms with van der Waals surface area (Å²) in [7, 11) is 1.80. The Balaban J connectivity index is 1.74. The van der Waals surface area contributed by atoms with Gasteiger partial charge in [0.25, 0.3) is 5.91 Å². The maximum absolute atomic E-state index is 12.9. The predicted molar refractivity (Wildman–Crippen MR) is 107 cm³/mol. The molecule has 4 rings (SSSR count). The van der Waals surface area contributed by atoms with Crippen molar-refractivity contribution in [3.8, 4) is 0 Å². The van der Waals surface area contributed by atoms with Gasteiger partial charge in [-0.3, -0.25) is 9.78 Å². The molecule has 1 amide bonds. The fourth-order valence-electron chi connectivity index (χ4n) is 3.65. The number of rotatable bonds is 2. The van der Waals surface area contributed by atoms with Crippen molar-refractivity contribution < 1.29 is 4.79 Å². The van der Waals surface area contributed by atoms with E-state index in [0.717, 1.165) is 58.6 Å². The van der Waals surface area contributed by atoms with Crippen LogP contribution in [-0.2, 0) is 12.8 Å². The van der Waals surface area contributed by atoms with Crippen molar-refractivity contribution in [1.82, 2.24) is 4.98 Å². The second-order valence-electron chi connectivity index (χ2n) is 6.99. The van der Waals surface area contributed by atoms with Crippen molar-refractivity contribution in [3.05, 3.63) is 69.9 Å². The van der Waals surface area contributed by atoms with Gasteiger partial charge in [-0.2, -0.15) is 0 Å². The smallest absolute Gasteiger partial charge is 0.258 e. The van der Waals surface area contributed by atoms with E-state index in [1.807, 2.05) is 49.4 Å². The highest BCUT2D eigenvalue weighted by Gasteiger charge is 2.19. The quantitative estimate of drug-likeness (QED) is 0.614. The number of anilines is 1. The zero-order chi connectivity index (χ0) is 18.3. The minimum absolute atomic E-state index is 0.0480. The van der Waals surface area contributed by atoms with E-state index in [-0.39, 0.29) is 5.91 Å². The van der Waals surface area contributed by atoms with E-state index in [4.69, 9.17) is 16.6 Å². The molecule has 1 aliphatic carbocycles. The van der Waals surface area contributed by atoms with Crippen LogP contribution in [0.2, 0.25) is 5.02 Å². The number of carbonyl (C=O) groups is 1. The van der Waals surface area contributed by atoms with Gasteiger partial charge in [-0.15, -0.1) is 0 Å². The fraction of sp³-hybridized carbons (Fsp3) is 0.273. The van der Waals surface area contributed by atoms with E-state index >= 15 is 0 Å². The van der Waals surface area contributed by atoms with Gasteiger partial charge >= 0.3 is 0 Å². The molecule has 0 bridgehead atoms. The van der Waals surface area contributed by atoms with Crippen molar-refractivity contribution in [3.63, 3.8) is 0 Å². The normalized spacial score (nSPS) is 13.5. The Morgan fingerprint density at radius 2 is 1.92 bits per heavy atom. The van der Waals surface area contributed by atoms with E-state index in [1.54, 1.807) is 11.9 Å². The highest BCUT2D eigenvalue weighted by Crippen LogP contribution is 2.33. The lowest BCUT2D eigenvalue weighted by Gasteiger charge is -2.20. The zero-order valence-electron chi connectivity index (χ0n) is 15.1. The van der Waals surface area contributed by atoms with Gasteiger partial charge < -0.3 is 4.90 Å². The van der Waals surface area contributed by atoms with Gasteiger partial charge in [0, 0.05) is 29.4 Å². The third-order valence-corrected chi connectivity index (χ3v) is 5.57. The van der Waals surface area contributed by atoms with E-state index in [1.165, 1.54) is 5.56 Å². The van der Waals surface area contributed by atoms with E-state index < -0.39 is 0 Å². The topological polar surface area (TPSA) is 33.2 Å². The number of benzene rings is 2. The number of carbonyl (C=O) groups excluding carboxylic acids is 1. The molecule has 0 radical (unpaired) electrons. The molecule has 0 aliphatic heterocycles. The molecule has 0 fully saturated rings. The lowest BCUT2D eigenvalue weighted by atomic mass is 9.94. The molecular formula is C22H21ClN2O. The maximum Gasteiger partial charge on any atom is 0.258 e.